The summed E-state index contributed by atoms with van der Waals surface area (Å²) < 4.78 is 33.2. The molecule has 0 radical (unpaired) electrons. The number of benzene rings is 2. The molecule has 1 saturated heterocycles. The van der Waals surface area contributed by atoms with Crippen LogP contribution in [0.3, 0.4) is 0 Å². The zero-order chi connectivity index (χ0) is 18.1. The fourth-order valence-electron chi connectivity index (χ4n) is 3.88. The molecule has 1 atom stereocenters. The molecule has 2 heterocycles. The van der Waals surface area contributed by atoms with Gasteiger partial charge in [-0.3, -0.25) is 4.90 Å². The number of hydrogen-bond donors (Lipinski definition) is 0. The summed E-state index contributed by atoms with van der Waals surface area (Å²) in [5, 5.41) is 0. The van der Waals surface area contributed by atoms with Crippen molar-refractivity contribution in [2.75, 3.05) is 32.8 Å². The van der Waals surface area contributed by atoms with Crippen LogP contribution in [0.25, 0.3) is 0 Å². The van der Waals surface area contributed by atoms with E-state index in [-0.39, 0.29) is 0 Å². The Kier molecular flexibility index (Phi) is 4.73. The molecule has 0 spiro atoms. The van der Waals surface area contributed by atoms with Crippen LogP contribution in [0.5, 0.6) is 5.75 Å². The lowest BCUT2D eigenvalue weighted by molar-refractivity contribution is 0.103. The standard InChI is InChI=1S/C20H24N2O3S/c1-16-5-4-6-17(15-16)26(23,24)22-12-10-21(11-13-22)19-9-14-25-20-8-3-2-7-18(19)20/h2-8,15,19H,9-14H2,1H3. The molecule has 0 bridgehead atoms. The van der Waals surface area contributed by atoms with E-state index in [0.717, 1.165) is 30.8 Å². The first-order valence-electron chi connectivity index (χ1n) is 9.08. The summed E-state index contributed by atoms with van der Waals surface area (Å²) in [7, 11) is -3.42. The minimum absolute atomic E-state index is 0.309. The summed E-state index contributed by atoms with van der Waals surface area (Å²) in [5.74, 6) is 0.957. The molecular weight excluding hydrogens is 348 g/mol. The number of piperazine rings is 1. The summed E-state index contributed by atoms with van der Waals surface area (Å²) in [5.41, 5.74) is 2.18. The molecule has 0 saturated carbocycles. The predicted molar refractivity (Wildman–Crippen MR) is 101 cm³/mol. The first-order valence-corrected chi connectivity index (χ1v) is 10.5. The van der Waals surface area contributed by atoms with Crippen LogP contribution in [0.4, 0.5) is 0 Å². The highest BCUT2D eigenvalue weighted by molar-refractivity contribution is 7.89. The van der Waals surface area contributed by atoms with Gasteiger partial charge in [-0.05, 0) is 30.7 Å². The second-order valence-corrected chi connectivity index (χ2v) is 8.89. The van der Waals surface area contributed by atoms with Gasteiger partial charge in [-0.15, -0.1) is 0 Å². The molecule has 2 aromatic rings. The lowest BCUT2D eigenvalue weighted by Gasteiger charge is -2.40. The van der Waals surface area contributed by atoms with Gasteiger partial charge in [0.25, 0.3) is 0 Å². The Hall–Kier alpha value is -1.89. The Morgan fingerprint density at radius 3 is 2.54 bits per heavy atom. The van der Waals surface area contributed by atoms with Crippen molar-refractivity contribution in [3.05, 3.63) is 59.7 Å². The van der Waals surface area contributed by atoms with Crippen LogP contribution in [-0.2, 0) is 10.0 Å². The Labute approximate surface area is 155 Å². The molecule has 4 rings (SSSR count). The summed E-state index contributed by atoms with van der Waals surface area (Å²) in [6.07, 6.45) is 0.946. The maximum atomic E-state index is 12.9. The SMILES string of the molecule is Cc1cccc(S(=O)(=O)N2CCN(C3CCOc4ccccc43)CC2)c1. The van der Waals surface area contributed by atoms with Gasteiger partial charge in [-0.25, -0.2) is 8.42 Å². The number of para-hydroxylation sites is 1. The van der Waals surface area contributed by atoms with E-state index in [1.165, 1.54) is 5.56 Å². The lowest BCUT2D eigenvalue weighted by Crippen LogP contribution is -2.50. The summed E-state index contributed by atoms with van der Waals surface area (Å²) in [6.45, 7) is 5.16. The number of ether oxygens (including phenoxy) is 1. The third-order valence-electron chi connectivity index (χ3n) is 5.27. The number of aryl methyl sites for hydroxylation is 1. The van der Waals surface area contributed by atoms with Gasteiger partial charge in [0.05, 0.1) is 11.5 Å². The Morgan fingerprint density at radius 2 is 1.77 bits per heavy atom. The topological polar surface area (TPSA) is 49.9 Å². The molecule has 26 heavy (non-hydrogen) atoms. The van der Waals surface area contributed by atoms with E-state index in [1.807, 2.05) is 31.2 Å². The zero-order valence-electron chi connectivity index (χ0n) is 15.0. The van der Waals surface area contributed by atoms with Gasteiger partial charge in [0.1, 0.15) is 5.75 Å². The Balaban J connectivity index is 1.48. The molecule has 0 aliphatic carbocycles. The van der Waals surface area contributed by atoms with Crippen molar-refractivity contribution in [3.63, 3.8) is 0 Å². The third kappa shape index (κ3) is 3.24. The molecule has 2 aromatic carbocycles. The molecule has 1 fully saturated rings. The molecular formula is C20H24N2O3S. The quantitative estimate of drug-likeness (QED) is 0.831. The third-order valence-corrected chi connectivity index (χ3v) is 7.16. The second kappa shape index (κ2) is 7.02. The van der Waals surface area contributed by atoms with Gasteiger partial charge < -0.3 is 4.74 Å². The van der Waals surface area contributed by atoms with Crippen molar-refractivity contribution in [2.24, 2.45) is 0 Å². The maximum Gasteiger partial charge on any atom is 0.243 e. The molecule has 0 N–H and O–H groups in total. The minimum Gasteiger partial charge on any atom is -0.493 e. The van der Waals surface area contributed by atoms with Crippen LogP contribution in [0.1, 0.15) is 23.6 Å². The van der Waals surface area contributed by atoms with E-state index >= 15 is 0 Å². The fraction of sp³-hybridized carbons (Fsp3) is 0.400. The largest absolute Gasteiger partial charge is 0.493 e. The summed E-state index contributed by atoms with van der Waals surface area (Å²) in [4.78, 5) is 2.78. The number of nitrogens with zero attached hydrogens (tertiary/aromatic N) is 2. The van der Waals surface area contributed by atoms with Crippen molar-refractivity contribution in [2.45, 2.75) is 24.3 Å². The molecule has 138 valence electrons. The molecule has 1 unspecified atom stereocenters. The van der Waals surface area contributed by atoms with E-state index in [2.05, 4.69) is 11.0 Å². The van der Waals surface area contributed by atoms with Crippen molar-refractivity contribution in [1.29, 1.82) is 0 Å². The monoisotopic (exact) mass is 372 g/mol. The van der Waals surface area contributed by atoms with Crippen LogP contribution < -0.4 is 4.74 Å². The number of rotatable bonds is 3. The first-order chi connectivity index (χ1) is 12.6. The Morgan fingerprint density at radius 1 is 1.00 bits per heavy atom. The van der Waals surface area contributed by atoms with Gasteiger partial charge in [0, 0.05) is 44.2 Å². The predicted octanol–water partition coefficient (Wildman–Crippen LogP) is 2.83. The van der Waals surface area contributed by atoms with Crippen LogP contribution in [0.2, 0.25) is 0 Å². The van der Waals surface area contributed by atoms with Gasteiger partial charge in [-0.2, -0.15) is 4.31 Å². The number of sulfonamides is 1. The van der Waals surface area contributed by atoms with Gasteiger partial charge >= 0.3 is 0 Å². The second-order valence-electron chi connectivity index (χ2n) is 6.95. The zero-order valence-corrected chi connectivity index (χ0v) is 15.8. The molecule has 5 nitrogen and oxygen atoms in total. The average Bonchev–Trinajstić information content (AvgIpc) is 2.68. The molecule has 0 amide bonds. The first kappa shape index (κ1) is 17.5. The van der Waals surface area contributed by atoms with Crippen molar-refractivity contribution >= 4 is 10.0 Å². The highest BCUT2D eigenvalue weighted by Gasteiger charge is 2.33. The summed E-state index contributed by atoms with van der Waals surface area (Å²) in [6, 6.07) is 15.6. The van der Waals surface area contributed by atoms with Gasteiger partial charge in [-0.1, -0.05) is 30.3 Å². The normalized spacial score (nSPS) is 21.8. The van der Waals surface area contributed by atoms with Crippen molar-refractivity contribution < 1.29 is 13.2 Å². The molecule has 2 aliphatic heterocycles. The fourth-order valence-corrected chi connectivity index (χ4v) is 5.41. The number of hydrogen-bond acceptors (Lipinski definition) is 4. The highest BCUT2D eigenvalue weighted by atomic mass is 32.2. The summed E-state index contributed by atoms with van der Waals surface area (Å²) >= 11 is 0. The van der Waals surface area contributed by atoms with E-state index in [0.29, 0.717) is 30.6 Å². The van der Waals surface area contributed by atoms with E-state index < -0.39 is 10.0 Å². The molecule has 6 heteroatoms. The van der Waals surface area contributed by atoms with E-state index in [1.54, 1.807) is 22.5 Å². The van der Waals surface area contributed by atoms with Gasteiger partial charge in [0.15, 0.2) is 0 Å². The van der Waals surface area contributed by atoms with Crippen molar-refractivity contribution in [3.8, 4) is 5.75 Å². The van der Waals surface area contributed by atoms with Crippen LogP contribution in [0, 0.1) is 6.92 Å². The smallest absolute Gasteiger partial charge is 0.243 e. The van der Waals surface area contributed by atoms with Crippen LogP contribution in [-0.4, -0.2) is 50.4 Å². The number of fused-ring (bicyclic) bond motifs is 1. The van der Waals surface area contributed by atoms with Crippen LogP contribution >= 0.6 is 0 Å². The molecule has 0 aromatic heterocycles. The van der Waals surface area contributed by atoms with E-state index in [4.69, 9.17) is 4.74 Å². The van der Waals surface area contributed by atoms with Gasteiger partial charge in [0.2, 0.25) is 10.0 Å². The lowest BCUT2D eigenvalue weighted by atomic mass is 9.98. The average molecular weight is 372 g/mol. The minimum atomic E-state index is -3.42. The van der Waals surface area contributed by atoms with Crippen LogP contribution in [0.15, 0.2) is 53.4 Å². The van der Waals surface area contributed by atoms with Crippen molar-refractivity contribution in [1.82, 2.24) is 9.21 Å². The Bertz CT molecular complexity index is 889. The maximum absolute atomic E-state index is 12.9. The molecule has 2 aliphatic rings. The van der Waals surface area contributed by atoms with E-state index in [9.17, 15) is 8.42 Å². The highest BCUT2D eigenvalue weighted by Crippen LogP contribution is 2.36.